The summed E-state index contributed by atoms with van der Waals surface area (Å²) in [5.74, 6) is -0.0914. The second-order valence-electron chi connectivity index (χ2n) is 5.73. The Morgan fingerprint density at radius 3 is 2.58 bits per heavy atom. The average molecular weight is 361 g/mol. The van der Waals surface area contributed by atoms with Crippen LogP contribution >= 0.6 is 0 Å². The van der Waals surface area contributed by atoms with Gasteiger partial charge in [-0.05, 0) is 32.0 Å². The molecule has 1 aromatic heterocycles. The van der Waals surface area contributed by atoms with Crippen molar-refractivity contribution in [1.29, 1.82) is 0 Å². The van der Waals surface area contributed by atoms with Crippen LogP contribution < -0.4 is 14.8 Å². The van der Waals surface area contributed by atoms with Crippen LogP contribution in [0.3, 0.4) is 0 Å². The second-order valence-corrected chi connectivity index (χ2v) is 5.73. The molecule has 2 aromatic rings. The molecule has 0 aliphatic rings. The lowest BCUT2D eigenvalue weighted by Gasteiger charge is -2.15. The van der Waals surface area contributed by atoms with Gasteiger partial charge in [-0.1, -0.05) is 0 Å². The third-order valence-electron chi connectivity index (χ3n) is 4.09. The van der Waals surface area contributed by atoms with Crippen molar-refractivity contribution in [3.05, 3.63) is 41.2 Å². The number of carbonyl (C=O) groups excluding carboxylic acids is 2. The monoisotopic (exact) mass is 361 g/mol. The number of hydrogen-bond acceptors (Lipinski definition) is 6. The van der Waals surface area contributed by atoms with Crippen molar-refractivity contribution in [2.45, 2.75) is 19.9 Å². The zero-order valence-electron chi connectivity index (χ0n) is 15.5. The summed E-state index contributed by atoms with van der Waals surface area (Å²) in [6, 6.07) is 4.56. The molecule has 0 bridgehead atoms. The molecule has 0 saturated heterocycles. The van der Waals surface area contributed by atoms with Gasteiger partial charge in [0.05, 0.1) is 26.5 Å². The minimum atomic E-state index is -0.525. The van der Waals surface area contributed by atoms with Gasteiger partial charge in [-0.25, -0.2) is 4.79 Å². The van der Waals surface area contributed by atoms with Crippen LogP contribution in [0.1, 0.15) is 34.6 Å². The Kier molecular flexibility index (Phi) is 6.21. The third kappa shape index (κ3) is 4.33. The molecular weight excluding hydrogens is 338 g/mol. The maximum Gasteiger partial charge on any atom is 0.343 e. The number of aryl methyl sites for hydroxylation is 1. The molecule has 0 aliphatic carbocycles. The summed E-state index contributed by atoms with van der Waals surface area (Å²) >= 11 is 0. The first-order valence-electron chi connectivity index (χ1n) is 8.04. The molecule has 1 heterocycles. The van der Waals surface area contributed by atoms with Gasteiger partial charge in [-0.2, -0.15) is 5.10 Å². The Morgan fingerprint density at radius 1 is 1.27 bits per heavy atom. The minimum Gasteiger partial charge on any atom is -0.493 e. The molecule has 1 unspecified atom stereocenters. The standard InChI is InChI=1S/C18H23N3O5/c1-11(14-9-19-21(3)12(14)2)20-18(23)13-6-7-15(24-4)16(8-13)26-10-17(22)25-5/h6-9,11H,10H2,1-5H3,(H,20,23). The van der Waals surface area contributed by atoms with Crippen LogP contribution in [0, 0.1) is 6.92 Å². The molecule has 0 spiro atoms. The van der Waals surface area contributed by atoms with Crippen molar-refractivity contribution in [3.63, 3.8) is 0 Å². The molecule has 1 aromatic carbocycles. The smallest absolute Gasteiger partial charge is 0.343 e. The second kappa shape index (κ2) is 8.37. The van der Waals surface area contributed by atoms with Gasteiger partial charge in [0.2, 0.25) is 0 Å². The fraction of sp³-hybridized carbons (Fsp3) is 0.389. The number of benzene rings is 1. The molecule has 1 atom stereocenters. The topological polar surface area (TPSA) is 91.7 Å². The summed E-state index contributed by atoms with van der Waals surface area (Å²) in [5, 5.41) is 7.12. The number of hydrogen-bond donors (Lipinski definition) is 1. The number of nitrogens with zero attached hydrogens (tertiary/aromatic N) is 2. The van der Waals surface area contributed by atoms with Crippen LogP contribution in [-0.2, 0) is 16.6 Å². The zero-order valence-corrected chi connectivity index (χ0v) is 15.5. The first-order valence-corrected chi connectivity index (χ1v) is 8.04. The van der Waals surface area contributed by atoms with Crippen LogP contribution in [0.4, 0.5) is 0 Å². The Balaban J connectivity index is 2.15. The summed E-state index contributed by atoms with van der Waals surface area (Å²) < 4.78 is 16.9. The number of ether oxygens (including phenoxy) is 3. The molecule has 0 saturated carbocycles. The van der Waals surface area contributed by atoms with E-state index in [9.17, 15) is 9.59 Å². The molecule has 8 nitrogen and oxygen atoms in total. The van der Waals surface area contributed by atoms with Crippen molar-refractivity contribution < 1.29 is 23.8 Å². The lowest BCUT2D eigenvalue weighted by Crippen LogP contribution is -2.27. The Morgan fingerprint density at radius 2 is 2.00 bits per heavy atom. The molecule has 1 N–H and O–H groups in total. The van der Waals surface area contributed by atoms with E-state index in [2.05, 4.69) is 15.2 Å². The summed E-state index contributed by atoms with van der Waals surface area (Å²) in [5.41, 5.74) is 2.31. The van der Waals surface area contributed by atoms with Gasteiger partial charge in [0.1, 0.15) is 0 Å². The van der Waals surface area contributed by atoms with Crippen LogP contribution in [-0.4, -0.2) is 42.5 Å². The number of aromatic nitrogens is 2. The Bertz CT molecular complexity index is 800. The van der Waals surface area contributed by atoms with Gasteiger partial charge in [-0.15, -0.1) is 0 Å². The Hall–Kier alpha value is -3.03. The fourth-order valence-electron chi connectivity index (χ4n) is 2.42. The molecule has 2 rings (SSSR count). The van der Waals surface area contributed by atoms with E-state index in [-0.39, 0.29) is 24.3 Å². The van der Waals surface area contributed by atoms with Crippen molar-refractivity contribution in [2.24, 2.45) is 7.05 Å². The van der Waals surface area contributed by atoms with E-state index in [0.29, 0.717) is 11.3 Å². The van der Waals surface area contributed by atoms with Gasteiger partial charge in [0, 0.05) is 23.9 Å². The largest absolute Gasteiger partial charge is 0.493 e. The minimum absolute atomic E-state index is 0.210. The van der Waals surface area contributed by atoms with Gasteiger partial charge in [0.15, 0.2) is 18.1 Å². The highest BCUT2D eigenvalue weighted by molar-refractivity contribution is 5.95. The first kappa shape index (κ1) is 19.3. The van der Waals surface area contributed by atoms with E-state index in [1.165, 1.54) is 20.3 Å². The van der Waals surface area contributed by atoms with Crippen molar-refractivity contribution in [1.82, 2.24) is 15.1 Å². The van der Waals surface area contributed by atoms with Crippen molar-refractivity contribution >= 4 is 11.9 Å². The fourth-order valence-corrected chi connectivity index (χ4v) is 2.42. The highest BCUT2D eigenvalue weighted by Gasteiger charge is 2.17. The molecule has 140 valence electrons. The first-order chi connectivity index (χ1) is 12.4. The maximum atomic E-state index is 12.6. The maximum absolute atomic E-state index is 12.6. The lowest BCUT2D eigenvalue weighted by atomic mass is 10.1. The summed E-state index contributed by atoms with van der Waals surface area (Å²) in [7, 11) is 4.60. The number of esters is 1. The van der Waals surface area contributed by atoms with E-state index in [0.717, 1.165) is 11.3 Å². The predicted molar refractivity (Wildman–Crippen MR) is 94.3 cm³/mol. The molecule has 0 radical (unpaired) electrons. The van der Waals surface area contributed by atoms with Gasteiger partial charge in [-0.3, -0.25) is 9.48 Å². The lowest BCUT2D eigenvalue weighted by molar-refractivity contribution is -0.142. The SMILES string of the molecule is COC(=O)COc1cc(C(=O)NC(C)c2cnn(C)c2C)ccc1OC. The zero-order chi connectivity index (χ0) is 19.3. The van der Waals surface area contributed by atoms with E-state index in [1.54, 1.807) is 23.0 Å². The number of rotatable bonds is 7. The number of carbonyl (C=O) groups is 2. The average Bonchev–Trinajstić information content (AvgIpc) is 2.98. The summed E-state index contributed by atoms with van der Waals surface area (Å²) in [6.07, 6.45) is 1.74. The quantitative estimate of drug-likeness (QED) is 0.756. The van der Waals surface area contributed by atoms with E-state index in [4.69, 9.17) is 9.47 Å². The highest BCUT2D eigenvalue weighted by atomic mass is 16.6. The molecule has 0 fully saturated rings. The van der Waals surface area contributed by atoms with Crippen LogP contribution in [0.2, 0.25) is 0 Å². The Labute approximate surface area is 152 Å². The molecule has 0 aliphatic heterocycles. The van der Waals surface area contributed by atoms with Crippen LogP contribution in [0.5, 0.6) is 11.5 Å². The van der Waals surface area contributed by atoms with Gasteiger partial charge < -0.3 is 19.5 Å². The van der Waals surface area contributed by atoms with Crippen molar-refractivity contribution in [3.8, 4) is 11.5 Å². The highest BCUT2D eigenvalue weighted by Crippen LogP contribution is 2.28. The van der Waals surface area contributed by atoms with Crippen LogP contribution in [0.15, 0.2) is 24.4 Å². The van der Waals surface area contributed by atoms with Gasteiger partial charge >= 0.3 is 5.97 Å². The predicted octanol–water partition coefficient (Wildman–Crippen LogP) is 1.78. The molecule has 1 amide bonds. The molecular formula is C18H23N3O5. The van der Waals surface area contributed by atoms with E-state index < -0.39 is 5.97 Å². The number of nitrogens with one attached hydrogen (secondary N) is 1. The third-order valence-corrected chi connectivity index (χ3v) is 4.09. The van der Waals surface area contributed by atoms with Crippen LogP contribution in [0.25, 0.3) is 0 Å². The van der Waals surface area contributed by atoms with Gasteiger partial charge in [0.25, 0.3) is 5.91 Å². The van der Waals surface area contributed by atoms with E-state index >= 15 is 0 Å². The number of methoxy groups -OCH3 is 2. The van der Waals surface area contributed by atoms with Crippen molar-refractivity contribution in [2.75, 3.05) is 20.8 Å². The molecule has 26 heavy (non-hydrogen) atoms. The normalized spacial score (nSPS) is 11.6. The summed E-state index contributed by atoms with van der Waals surface area (Å²) in [4.78, 5) is 23.8. The molecule has 8 heteroatoms. The van der Waals surface area contributed by atoms with E-state index in [1.807, 2.05) is 20.9 Å². The summed E-state index contributed by atoms with van der Waals surface area (Å²) in [6.45, 7) is 3.56. The number of amides is 1.